The zero-order valence-electron chi connectivity index (χ0n) is 11.6. The number of unbranched alkanes of at least 4 members (excludes halogenated alkanes) is 1. The molecular weight excluding hydrogens is 226 g/mol. The summed E-state index contributed by atoms with van der Waals surface area (Å²) in [6.07, 6.45) is 12.7. The third-order valence-corrected chi connectivity index (χ3v) is 4.31. The molecule has 0 heterocycles. The van der Waals surface area contributed by atoms with Gasteiger partial charge in [0.25, 0.3) is 0 Å². The van der Waals surface area contributed by atoms with Gasteiger partial charge in [-0.3, -0.25) is 4.79 Å². The number of aliphatic carboxylic acids is 1. The van der Waals surface area contributed by atoms with Crippen LogP contribution in [-0.2, 0) is 4.79 Å². The van der Waals surface area contributed by atoms with E-state index in [9.17, 15) is 4.79 Å². The molecule has 0 aliphatic heterocycles. The minimum absolute atomic E-state index is 0.333. The Labute approximate surface area is 111 Å². The van der Waals surface area contributed by atoms with E-state index in [0.717, 1.165) is 37.6 Å². The molecule has 3 N–H and O–H groups in total. The fourth-order valence-electron chi connectivity index (χ4n) is 3.29. The number of carbonyl (C=O) groups is 1. The highest BCUT2D eigenvalue weighted by molar-refractivity contribution is 5.66. The van der Waals surface area contributed by atoms with Crippen LogP contribution >= 0.6 is 0 Å². The minimum atomic E-state index is -0.653. The third kappa shape index (κ3) is 6.39. The average molecular weight is 255 g/mol. The van der Waals surface area contributed by atoms with Gasteiger partial charge in [-0.2, -0.15) is 0 Å². The number of carboxylic acids is 1. The van der Waals surface area contributed by atoms with Crippen molar-refractivity contribution in [2.75, 3.05) is 6.54 Å². The highest BCUT2D eigenvalue weighted by Crippen LogP contribution is 2.35. The van der Waals surface area contributed by atoms with Gasteiger partial charge in [-0.1, -0.05) is 44.9 Å². The van der Waals surface area contributed by atoms with Gasteiger partial charge in [-0.25, -0.2) is 0 Å². The molecule has 1 unspecified atom stereocenters. The number of hydrogen-bond donors (Lipinski definition) is 2. The molecule has 0 amide bonds. The van der Waals surface area contributed by atoms with Crippen molar-refractivity contribution in [3.8, 4) is 0 Å². The Bertz CT molecular complexity index is 225. The molecule has 0 saturated heterocycles. The molecule has 106 valence electrons. The summed E-state index contributed by atoms with van der Waals surface area (Å²) in [5, 5.41) is 8.73. The molecule has 3 nitrogen and oxygen atoms in total. The van der Waals surface area contributed by atoms with Gasteiger partial charge in [-0.05, 0) is 37.6 Å². The molecule has 1 atom stereocenters. The molecular formula is C15H29NO2. The molecule has 0 aromatic carbocycles. The summed E-state index contributed by atoms with van der Waals surface area (Å²) in [6, 6.07) is 0. The SMILES string of the molecule is NCCCCC(CCCC(=O)O)C1CCCCC1. The summed E-state index contributed by atoms with van der Waals surface area (Å²) in [6.45, 7) is 0.784. The van der Waals surface area contributed by atoms with Crippen LogP contribution in [0.3, 0.4) is 0 Å². The van der Waals surface area contributed by atoms with Crippen LogP contribution in [0.25, 0.3) is 0 Å². The van der Waals surface area contributed by atoms with Crippen molar-refractivity contribution in [2.45, 2.75) is 70.6 Å². The van der Waals surface area contributed by atoms with E-state index < -0.39 is 5.97 Å². The van der Waals surface area contributed by atoms with Crippen molar-refractivity contribution >= 4 is 5.97 Å². The van der Waals surface area contributed by atoms with Gasteiger partial charge in [-0.15, -0.1) is 0 Å². The van der Waals surface area contributed by atoms with E-state index in [2.05, 4.69) is 0 Å². The zero-order valence-corrected chi connectivity index (χ0v) is 11.6. The van der Waals surface area contributed by atoms with Crippen LogP contribution in [0.1, 0.15) is 70.6 Å². The van der Waals surface area contributed by atoms with Crippen LogP contribution < -0.4 is 5.73 Å². The number of nitrogens with two attached hydrogens (primary N) is 1. The first-order valence-corrected chi connectivity index (χ1v) is 7.66. The highest BCUT2D eigenvalue weighted by atomic mass is 16.4. The average Bonchev–Trinajstić information content (AvgIpc) is 2.38. The van der Waals surface area contributed by atoms with Crippen molar-refractivity contribution in [1.29, 1.82) is 0 Å². The Hall–Kier alpha value is -0.570. The van der Waals surface area contributed by atoms with Crippen molar-refractivity contribution in [2.24, 2.45) is 17.6 Å². The van der Waals surface area contributed by atoms with Crippen LogP contribution in [0.4, 0.5) is 0 Å². The Kier molecular flexibility index (Phi) is 8.06. The Balaban J connectivity index is 2.32. The molecule has 0 bridgehead atoms. The van der Waals surface area contributed by atoms with E-state index in [-0.39, 0.29) is 0 Å². The smallest absolute Gasteiger partial charge is 0.303 e. The van der Waals surface area contributed by atoms with Crippen LogP contribution in [0.15, 0.2) is 0 Å². The molecule has 0 aromatic heterocycles. The predicted molar refractivity (Wildman–Crippen MR) is 74.5 cm³/mol. The summed E-state index contributed by atoms with van der Waals surface area (Å²) in [5.74, 6) is 0.945. The maximum absolute atomic E-state index is 10.6. The maximum atomic E-state index is 10.6. The molecule has 18 heavy (non-hydrogen) atoms. The van der Waals surface area contributed by atoms with Gasteiger partial charge in [0, 0.05) is 6.42 Å². The van der Waals surface area contributed by atoms with Gasteiger partial charge in [0.1, 0.15) is 0 Å². The summed E-state index contributed by atoms with van der Waals surface area (Å²) in [5.41, 5.74) is 5.56. The number of rotatable bonds is 9. The van der Waals surface area contributed by atoms with Crippen molar-refractivity contribution < 1.29 is 9.90 Å². The number of carboxylic acid groups (broad SMARTS) is 1. The van der Waals surface area contributed by atoms with Crippen molar-refractivity contribution in [1.82, 2.24) is 0 Å². The second-order valence-corrected chi connectivity index (χ2v) is 5.73. The summed E-state index contributed by atoms with van der Waals surface area (Å²) < 4.78 is 0. The van der Waals surface area contributed by atoms with E-state index in [4.69, 9.17) is 10.8 Å². The third-order valence-electron chi connectivity index (χ3n) is 4.31. The first-order chi connectivity index (χ1) is 8.74. The minimum Gasteiger partial charge on any atom is -0.481 e. The van der Waals surface area contributed by atoms with E-state index in [1.807, 2.05) is 0 Å². The fourth-order valence-corrected chi connectivity index (χ4v) is 3.29. The Morgan fingerprint density at radius 3 is 2.39 bits per heavy atom. The molecule has 0 aromatic rings. The van der Waals surface area contributed by atoms with E-state index in [1.54, 1.807) is 0 Å². The summed E-state index contributed by atoms with van der Waals surface area (Å²) in [7, 11) is 0. The Morgan fingerprint density at radius 1 is 1.11 bits per heavy atom. The van der Waals surface area contributed by atoms with Crippen LogP contribution in [0.5, 0.6) is 0 Å². The molecule has 3 heteroatoms. The van der Waals surface area contributed by atoms with Crippen LogP contribution in [0.2, 0.25) is 0 Å². The van der Waals surface area contributed by atoms with Crippen molar-refractivity contribution in [3.05, 3.63) is 0 Å². The highest BCUT2D eigenvalue weighted by Gasteiger charge is 2.23. The lowest BCUT2D eigenvalue weighted by Crippen LogP contribution is -2.19. The van der Waals surface area contributed by atoms with E-state index >= 15 is 0 Å². The second-order valence-electron chi connectivity index (χ2n) is 5.73. The number of hydrogen-bond acceptors (Lipinski definition) is 2. The second kappa shape index (κ2) is 9.37. The molecule has 1 aliphatic rings. The fraction of sp³-hybridized carbons (Fsp3) is 0.933. The van der Waals surface area contributed by atoms with E-state index in [0.29, 0.717) is 6.42 Å². The topological polar surface area (TPSA) is 63.3 Å². The monoisotopic (exact) mass is 255 g/mol. The lowest BCUT2D eigenvalue weighted by atomic mass is 9.76. The molecule has 0 spiro atoms. The molecule has 0 radical (unpaired) electrons. The first kappa shape index (κ1) is 15.5. The van der Waals surface area contributed by atoms with Crippen molar-refractivity contribution in [3.63, 3.8) is 0 Å². The van der Waals surface area contributed by atoms with Gasteiger partial charge >= 0.3 is 5.97 Å². The van der Waals surface area contributed by atoms with Gasteiger partial charge in [0.05, 0.1) is 0 Å². The van der Waals surface area contributed by atoms with Gasteiger partial charge < -0.3 is 10.8 Å². The van der Waals surface area contributed by atoms with Gasteiger partial charge in [0.15, 0.2) is 0 Å². The predicted octanol–water partition coefficient (Wildman–Crippen LogP) is 3.57. The zero-order chi connectivity index (χ0) is 13.2. The molecule has 1 rings (SSSR count). The first-order valence-electron chi connectivity index (χ1n) is 7.66. The molecule has 1 aliphatic carbocycles. The van der Waals surface area contributed by atoms with Gasteiger partial charge in [0.2, 0.25) is 0 Å². The lowest BCUT2D eigenvalue weighted by molar-refractivity contribution is -0.137. The standard InChI is InChI=1S/C15H29NO2/c16-12-5-4-9-14(10-6-11-15(17)18)13-7-2-1-3-8-13/h13-14H,1-12,16H2,(H,17,18). The van der Waals surface area contributed by atoms with E-state index in [1.165, 1.54) is 44.9 Å². The quantitative estimate of drug-likeness (QED) is 0.619. The largest absolute Gasteiger partial charge is 0.481 e. The normalized spacial score (nSPS) is 18.7. The van der Waals surface area contributed by atoms with Crippen LogP contribution in [0, 0.1) is 11.8 Å². The molecule has 1 saturated carbocycles. The molecule has 1 fully saturated rings. The maximum Gasteiger partial charge on any atom is 0.303 e. The lowest BCUT2D eigenvalue weighted by Gasteiger charge is -2.30. The van der Waals surface area contributed by atoms with Crippen LogP contribution in [-0.4, -0.2) is 17.6 Å². The summed E-state index contributed by atoms with van der Waals surface area (Å²) >= 11 is 0. The Morgan fingerprint density at radius 2 is 1.78 bits per heavy atom. The summed E-state index contributed by atoms with van der Waals surface area (Å²) in [4.78, 5) is 10.6.